The molecule has 20 heavy (non-hydrogen) atoms. The van der Waals surface area contributed by atoms with E-state index in [2.05, 4.69) is 0 Å². The van der Waals surface area contributed by atoms with Gasteiger partial charge in [0, 0.05) is 0 Å². The molecule has 0 radical (unpaired) electrons. The molecule has 0 aromatic heterocycles. The van der Waals surface area contributed by atoms with E-state index < -0.39 is 5.97 Å². The van der Waals surface area contributed by atoms with Gasteiger partial charge in [-0.2, -0.15) is 0 Å². The number of nitrogens with zero attached hydrogens (tertiary/aromatic N) is 1. The Morgan fingerprint density at radius 3 is 2.25 bits per heavy atom. The molecule has 0 N–H and O–H groups in total. The number of carboxylic acids is 1. The van der Waals surface area contributed by atoms with Gasteiger partial charge in [0.05, 0.1) is 23.5 Å². The van der Waals surface area contributed by atoms with E-state index in [1.165, 1.54) is 18.2 Å². The molecule has 2 atom stereocenters. The van der Waals surface area contributed by atoms with Crippen molar-refractivity contribution < 1.29 is 19.5 Å². The molecule has 1 saturated carbocycles. The fraction of sp³-hybridized carbons (Fsp3) is 0.400. The predicted molar refractivity (Wildman–Crippen MR) is 68.7 cm³/mol. The second-order valence-corrected chi connectivity index (χ2v) is 5.35. The Hall–Kier alpha value is -2.17. The van der Waals surface area contributed by atoms with Gasteiger partial charge in [-0.05, 0) is 30.5 Å². The lowest BCUT2D eigenvalue weighted by Crippen LogP contribution is -2.31. The molecule has 0 bridgehead atoms. The number of carbonyl (C=O) groups is 3. The summed E-state index contributed by atoms with van der Waals surface area (Å²) in [5, 5.41) is 10.9. The predicted octanol–water partition coefficient (Wildman–Crippen LogP) is 0.730. The zero-order valence-electron chi connectivity index (χ0n) is 10.9. The summed E-state index contributed by atoms with van der Waals surface area (Å²) < 4.78 is 0. The fourth-order valence-electron chi connectivity index (χ4n) is 3.19. The maximum Gasteiger partial charge on any atom is 0.237 e. The van der Waals surface area contributed by atoms with Gasteiger partial charge in [-0.3, -0.25) is 14.5 Å². The largest absolute Gasteiger partial charge is 0.545 e. The van der Waals surface area contributed by atoms with Crippen LogP contribution in [0.4, 0.5) is 5.69 Å². The molecule has 0 unspecified atom stereocenters. The molecule has 1 aliphatic heterocycles. The van der Waals surface area contributed by atoms with Crippen molar-refractivity contribution in [1.82, 2.24) is 0 Å². The number of hydrogen-bond donors (Lipinski definition) is 0. The van der Waals surface area contributed by atoms with Crippen molar-refractivity contribution in [3.05, 3.63) is 29.8 Å². The highest BCUT2D eigenvalue weighted by atomic mass is 16.4. The first-order chi connectivity index (χ1) is 9.59. The summed E-state index contributed by atoms with van der Waals surface area (Å²) in [5.41, 5.74) is 0.300. The van der Waals surface area contributed by atoms with Gasteiger partial charge in [0.2, 0.25) is 11.8 Å². The van der Waals surface area contributed by atoms with Crippen molar-refractivity contribution in [3.8, 4) is 0 Å². The Labute approximate surface area is 116 Å². The molecule has 3 rings (SSSR count). The highest BCUT2D eigenvalue weighted by Gasteiger charge is 2.48. The summed E-state index contributed by atoms with van der Waals surface area (Å²) in [6.45, 7) is 0. The van der Waals surface area contributed by atoms with Crippen LogP contribution >= 0.6 is 0 Å². The molecular weight excluding hydrogens is 258 g/mol. The van der Waals surface area contributed by atoms with Crippen LogP contribution < -0.4 is 10.0 Å². The molecule has 104 valence electrons. The highest BCUT2D eigenvalue weighted by Crippen LogP contribution is 2.40. The summed E-state index contributed by atoms with van der Waals surface area (Å²) >= 11 is 0. The molecule has 0 spiro atoms. The van der Waals surface area contributed by atoms with E-state index in [0.29, 0.717) is 5.69 Å². The Kier molecular flexibility index (Phi) is 3.04. The van der Waals surface area contributed by atoms with E-state index >= 15 is 0 Å². The van der Waals surface area contributed by atoms with Gasteiger partial charge in [-0.15, -0.1) is 0 Å². The van der Waals surface area contributed by atoms with Crippen LogP contribution in [0.2, 0.25) is 0 Å². The number of aromatic carboxylic acids is 1. The van der Waals surface area contributed by atoms with Crippen molar-refractivity contribution in [2.45, 2.75) is 25.7 Å². The van der Waals surface area contributed by atoms with Crippen LogP contribution in [0.15, 0.2) is 24.3 Å². The van der Waals surface area contributed by atoms with Gasteiger partial charge >= 0.3 is 0 Å². The van der Waals surface area contributed by atoms with Crippen LogP contribution in [0.5, 0.6) is 0 Å². The minimum absolute atomic E-state index is 0.0297. The maximum atomic E-state index is 12.4. The Morgan fingerprint density at radius 2 is 1.70 bits per heavy atom. The van der Waals surface area contributed by atoms with Gasteiger partial charge in [-0.1, -0.05) is 25.0 Å². The van der Waals surface area contributed by atoms with Crippen LogP contribution in [-0.4, -0.2) is 17.8 Å². The second-order valence-electron chi connectivity index (χ2n) is 5.35. The van der Waals surface area contributed by atoms with Crippen molar-refractivity contribution in [2.24, 2.45) is 11.8 Å². The first kappa shape index (κ1) is 12.8. The Morgan fingerprint density at radius 1 is 1.10 bits per heavy atom. The van der Waals surface area contributed by atoms with Crippen molar-refractivity contribution in [3.63, 3.8) is 0 Å². The quantitative estimate of drug-likeness (QED) is 0.744. The summed E-state index contributed by atoms with van der Waals surface area (Å²) in [4.78, 5) is 36.8. The Bertz CT molecular complexity index is 571. The molecule has 2 fully saturated rings. The number of amides is 2. The molecule has 5 heteroatoms. The summed E-state index contributed by atoms with van der Waals surface area (Å²) in [5.74, 6) is -2.18. The summed E-state index contributed by atoms with van der Waals surface area (Å²) in [6, 6.07) is 5.81. The third kappa shape index (κ3) is 1.90. The second kappa shape index (κ2) is 4.74. The van der Waals surface area contributed by atoms with E-state index in [9.17, 15) is 19.5 Å². The summed E-state index contributed by atoms with van der Waals surface area (Å²) in [7, 11) is 0. The average Bonchev–Trinajstić information content (AvgIpc) is 2.72. The van der Waals surface area contributed by atoms with Gasteiger partial charge in [-0.25, -0.2) is 0 Å². The number of rotatable bonds is 2. The molecule has 1 heterocycles. The number of imide groups is 1. The van der Waals surface area contributed by atoms with Crippen molar-refractivity contribution in [1.29, 1.82) is 0 Å². The van der Waals surface area contributed by atoms with Crippen LogP contribution in [0, 0.1) is 11.8 Å². The molecule has 5 nitrogen and oxygen atoms in total. The van der Waals surface area contributed by atoms with Crippen molar-refractivity contribution in [2.75, 3.05) is 4.90 Å². The van der Waals surface area contributed by atoms with Crippen LogP contribution in [0.1, 0.15) is 36.0 Å². The minimum Gasteiger partial charge on any atom is -0.545 e. The average molecular weight is 272 g/mol. The van der Waals surface area contributed by atoms with E-state index in [-0.39, 0.29) is 29.2 Å². The van der Waals surface area contributed by atoms with Crippen molar-refractivity contribution >= 4 is 23.5 Å². The third-order valence-electron chi connectivity index (χ3n) is 4.18. The van der Waals surface area contributed by atoms with Crippen LogP contribution in [-0.2, 0) is 9.59 Å². The van der Waals surface area contributed by atoms with E-state index in [1.807, 2.05) is 0 Å². The lowest BCUT2D eigenvalue weighted by Gasteiger charge is -2.19. The normalized spacial score (nSPS) is 25.7. The highest BCUT2D eigenvalue weighted by molar-refractivity contribution is 6.22. The van der Waals surface area contributed by atoms with Gasteiger partial charge in [0.1, 0.15) is 0 Å². The lowest BCUT2D eigenvalue weighted by atomic mass is 9.81. The van der Waals surface area contributed by atoms with Gasteiger partial charge in [0.25, 0.3) is 0 Å². The summed E-state index contributed by atoms with van der Waals surface area (Å²) in [6.07, 6.45) is 3.41. The first-order valence-electron chi connectivity index (χ1n) is 6.79. The monoisotopic (exact) mass is 272 g/mol. The lowest BCUT2D eigenvalue weighted by molar-refractivity contribution is -0.255. The third-order valence-corrected chi connectivity index (χ3v) is 4.18. The molecular formula is C15H14NO4-. The van der Waals surface area contributed by atoms with Gasteiger partial charge in [0.15, 0.2) is 0 Å². The minimum atomic E-state index is -1.32. The standard InChI is InChI=1S/C15H15NO4/c17-13-11-6-1-2-7-12(11)14(18)16(13)10-5-3-4-9(8-10)15(19)20/h3-5,8,11-12H,1-2,6-7H2,(H,19,20)/p-1/t11-,12-/m1/s1. The van der Waals surface area contributed by atoms with E-state index in [1.54, 1.807) is 6.07 Å². The zero-order valence-corrected chi connectivity index (χ0v) is 10.9. The number of hydrogen-bond acceptors (Lipinski definition) is 4. The molecule has 2 aliphatic rings. The fourth-order valence-corrected chi connectivity index (χ4v) is 3.19. The molecule has 1 saturated heterocycles. The first-order valence-corrected chi connectivity index (χ1v) is 6.79. The smallest absolute Gasteiger partial charge is 0.237 e. The van der Waals surface area contributed by atoms with E-state index in [4.69, 9.17) is 0 Å². The number of carboxylic acid groups (broad SMARTS) is 1. The molecule has 1 aromatic carbocycles. The topological polar surface area (TPSA) is 77.5 Å². The van der Waals surface area contributed by atoms with Crippen LogP contribution in [0.3, 0.4) is 0 Å². The van der Waals surface area contributed by atoms with Crippen LogP contribution in [0.25, 0.3) is 0 Å². The SMILES string of the molecule is O=C([O-])c1cccc(N2C(=O)[C@@H]3CCCC[C@H]3C2=O)c1. The number of fused-ring (bicyclic) bond motifs is 1. The molecule has 1 aliphatic carbocycles. The number of benzene rings is 1. The zero-order chi connectivity index (χ0) is 14.3. The van der Waals surface area contributed by atoms with E-state index in [0.717, 1.165) is 30.6 Å². The number of anilines is 1. The molecule has 2 amide bonds. The van der Waals surface area contributed by atoms with Gasteiger partial charge < -0.3 is 9.90 Å². The number of carbonyl (C=O) groups excluding carboxylic acids is 3. The molecule has 1 aromatic rings. The Balaban J connectivity index is 1.97. The maximum absolute atomic E-state index is 12.4.